The Morgan fingerprint density at radius 3 is 2.79 bits per heavy atom. The van der Waals surface area contributed by atoms with E-state index < -0.39 is 0 Å². The molecule has 0 spiro atoms. The van der Waals surface area contributed by atoms with Crippen LogP contribution in [0.3, 0.4) is 0 Å². The Labute approximate surface area is 196 Å². The summed E-state index contributed by atoms with van der Waals surface area (Å²) in [4.78, 5) is 18.1. The molecule has 0 saturated carbocycles. The summed E-state index contributed by atoms with van der Waals surface area (Å²) in [5, 5.41) is 16.0. The van der Waals surface area contributed by atoms with Crippen LogP contribution < -0.4 is 22.5 Å². The van der Waals surface area contributed by atoms with Crippen LogP contribution in [0.5, 0.6) is 0 Å². The fourth-order valence-electron chi connectivity index (χ4n) is 4.85. The first-order valence-corrected chi connectivity index (χ1v) is 11.3. The molecule has 4 heterocycles. The lowest BCUT2D eigenvalue weighted by Crippen LogP contribution is -2.28. The molecule has 10 heteroatoms. The van der Waals surface area contributed by atoms with Crippen molar-refractivity contribution in [2.24, 2.45) is 16.7 Å². The minimum absolute atomic E-state index is 0.0288. The predicted octanol–water partition coefficient (Wildman–Crippen LogP) is 2.37. The van der Waals surface area contributed by atoms with Crippen molar-refractivity contribution in [1.82, 2.24) is 24.4 Å². The first-order valence-electron chi connectivity index (χ1n) is 11.3. The summed E-state index contributed by atoms with van der Waals surface area (Å²) >= 11 is 0. The fourth-order valence-corrected chi connectivity index (χ4v) is 4.85. The van der Waals surface area contributed by atoms with Crippen LogP contribution in [0.25, 0.3) is 21.8 Å². The van der Waals surface area contributed by atoms with E-state index in [1.807, 2.05) is 47.5 Å². The molecule has 5 rings (SSSR count). The van der Waals surface area contributed by atoms with E-state index in [4.69, 9.17) is 11.6 Å². The number of pyridine rings is 2. The van der Waals surface area contributed by atoms with Gasteiger partial charge in [0.15, 0.2) is 5.84 Å². The van der Waals surface area contributed by atoms with Crippen molar-refractivity contribution in [2.75, 3.05) is 12.4 Å². The number of hydrogen-bond donors (Lipinski definition) is 3. The Balaban J connectivity index is 1.68. The molecule has 3 aromatic heterocycles. The number of nitrogens with one attached hydrogen (secondary N) is 1. The molecular weight excluding hydrogens is 430 g/mol. The number of hydrazine groups is 1. The predicted molar refractivity (Wildman–Crippen MR) is 135 cm³/mol. The number of aromatic nitrogens is 4. The van der Waals surface area contributed by atoms with Gasteiger partial charge in [0, 0.05) is 48.0 Å². The van der Waals surface area contributed by atoms with Gasteiger partial charge in [-0.1, -0.05) is 6.07 Å². The van der Waals surface area contributed by atoms with Crippen LogP contribution in [0, 0.1) is 13.8 Å². The van der Waals surface area contributed by atoms with E-state index in [0.717, 1.165) is 57.0 Å². The zero-order valence-electron chi connectivity index (χ0n) is 19.8. The van der Waals surface area contributed by atoms with Crippen molar-refractivity contribution in [3.8, 4) is 0 Å². The maximum atomic E-state index is 13.5. The van der Waals surface area contributed by atoms with E-state index in [9.17, 15) is 4.79 Å². The van der Waals surface area contributed by atoms with Crippen LogP contribution in [-0.2, 0) is 13.1 Å². The van der Waals surface area contributed by atoms with E-state index in [-0.39, 0.29) is 17.4 Å². The van der Waals surface area contributed by atoms with Crippen LogP contribution in [0.15, 0.2) is 40.4 Å². The molecule has 0 fully saturated rings. The molecule has 1 unspecified atom stereocenters. The van der Waals surface area contributed by atoms with E-state index >= 15 is 0 Å². The molecule has 1 aromatic carbocycles. The molecule has 4 aromatic rings. The summed E-state index contributed by atoms with van der Waals surface area (Å²) in [7, 11) is 1.60. The van der Waals surface area contributed by atoms with E-state index in [1.54, 1.807) is 7.05 Å². The SMILES string of the molecule is Cc1cc(C(C)Nc2ccc(C)nc2/C(N)=N/N(C)N)c2c(c1)c(=O)n1c3c2cnn3CCC1. The summed E-state index contributed by atoms with van der Waals surface area (Å²) < 4.78 is 3.79. The van der Waals surface area contributed by atoms with Gasteiger partial charge in [-0.15, -0.1) is 5.10 Å². The second-order valence-electron chi connectivity index (χ2n) is 8.97. The average molecular weight is 460 g/mol. The zero-order valence-corrected chi connectivity index (χ0v) is 19.8. The van der Waals surface area contributed by atoms with Gasteiger partial charge in [-0.2, -0.15) is 5.10 Å². The van der Waals surface area contributed by atoms with E-state index in [0.29, 0.717) is 17.6 Å². The third-order valence-corrected chi connectivity index (χ3v) is 6.26. The standard InChI is InChI=1S/C24H29N9O/c1-13-10-16(15(3)29-19-7-6-14(2)28-21(19)22(25)30-31(4)26)20-17(11-13)24(34)32-8-5-9-33-23(32)18(20)12-27-33/h6-7,10-12,15,29H,5,8-9,26H2,1-4H3,(H2,25,30). The molecule has 10 nitrogen and oxygen atoms in total. The van der Waals surface area contributed by atoms with Crippen LogP contribution >= 0.6 is 0 Å². The molecule has 176 valence electrons. The Bertz CT molecular complexity index is 1510. The highest BCUT2D eigenvalue weighted by Crippen LogP contribution is 2.33. The van der Waals surface area contributed by atoms with Crippen molar-refractivity contribution in [1.29, 1.82) is 0 Å². The quantitative estimate of drug-likeness (QED) is 0.181. The van der Waals surface area contributed by atoms with Crippen LogP contribution in [0.1, 0.15) is 41.9 Å². The fraction of sp³-hybridized carbons (Fsp3) is 0.333. The molecule has 5 N–H and O–H groups in total. The third kappa shape index (κ3) is 3.56. The first-order chi connectivity index (χ1) is 16.2. The second-order valence-corrected chi connectivity index (χ2v) is 8.97. The number of nitrogens with zero attached hydrogens (tertiary/aromatic N) is 6. The summed E-state index contributed by atoms with van der Waals surface area (Å²) in [6, 6.07) is 7.80. The number of anilines is 1. The largest absolute Gasteiger partial charge is 0.380 e. The summed E-state index contributed by atoms with van der Waals surface area (Å²) in [5.74, 6) is 5.88. The molecule has 1 atom stereocenters. The average Bonchev–Trinajstić information content (AvgIpc) is 3.22. The first kappa shape index (κ1) is 21.9. The Morgan fingerprint density at radius 2 is 2.03 bits per heavy atom. The Morgan fingerprint density at radius 1 is 1.24 bits per heavy atom. The molecule has 1 aliphatic rings. The second kappa shape index (κ2) is 8.14. The zero-order chi connectivity index (χ0) is 24.1. The van der Waals surface area contributed by atoms with Gasteiger partial charge in [0.1, 0.15) is 11.3 Å². The summed E-state index contributed by atoms with van der Waals surface area (Å²) in [5.41, 5.74) is 11.2. The number of hydrogen-bond acceptors (Lipinski definition) is 7. The molecular formula is C24H29N9O. The molecule has 0 aliphatic carbocycles. The van der Waals surface area contributed by atoms with Crippen molar-refractivity contribution < 1.29 is 0 Å². The van der Waals surface area contributed by atoms with Crippen LogP contribution in [-0.4, -0.2) is 37.3 Å². The van der Waals surface area contributed by atoms with Gasteiger partial charge < -0.3 is 11.1 Å². The molecule has 34 heavy (non-hydrogen) atoms. The lowest BCUT2D eigenvalue weighted by atomic mass is 9.95. The number of aryl methyl sites for hydroxylation is 4. The number of nitrogens with two attached hydrogens (primary N) is 2. The molecule has 0 radical (unpaired) electrons. The number of amidine groups is 1. The van der Waals surface area contributed by atoms with Crippen LogP contribution in [0.2, 0.25) is 0 Å². The van der Waals surface area contributed by atoms with Crippen molar-refractivity contribution in [3.05, 3.63) is 63.3 Å². The van der Waals surface area contributed by atoms with Gasteiger partial charge >= 0.3 is 0 Å². The van der Waals surface area contributed by atoms with Crippen LogP contribution in [0.4, 0.5) is 5.69 Å². The number of hydrazone groups is 1. The minimum atomic E-state index is -0.154. The lowest BCUT2D eigenvalue weighted by molar-refractivity contribution is 0.371. The summed E-state index contributed by atoms with van der Waals surface area (Å²) in [6.45, 7) is 7.50. The van der Waals surface area contributed by atoms with Gasteiger partial charge in [0.25, 0.3) is 5.56 Å². The molecule has 0 saturated heterocycles. The molecule has 0 bridgehead atoms. The van der Waals surface area contributed by atoms with Crippen molar-refractivity contribution in [3.63, 3.8) is 0 Å². The summed E-state index contributed by atoms with van der Waals surface area (Å²) in [6.07, 6.45) is 2.78. The van der Waals surface area contributed by atoms with E-state index in [1.165, 1.54) is 0 Å². The lowest BCUT2D eigenvalue weighted by Gasteiger charge is -2.22. The number of rotatable bonds is 5. The highest BCUT2D eigenvalue weighted by atomic mass is 16.1. The maximum absolute atomic E-state index is 13.5. The van der Waals surface area contributed by atoms with Gasteiger partial charge in [-0.3, -0.25) is 9.36 Å². The van der Waals surface area contributed by atoms with Crippen molar-refractivity contribution >= 4 is 33.3 Å². The Kier molecular flexibility index (Phi) is 5.24. The monoisotopic (exact) mass is 459 g/mol. The van der Waals surface area contributed by atoms with Gasteiger partial charge in [0.2, 0.25) is 0 Å². The van der Waals surface area contributed by atoms with E-state index in [2.05, 4.69) is 33.5 Å². The maximum Gasteiger partial charge on any atom is 0.260 e. The number of benzene rings is 1. The van der Waals surface area contributed by atoms with Gasteiger partial charge in [-0.05, 0) is 56.5 Å². The molecule has 0 amide bonds. The third-order valence-electron chi connectivity index (χ3n) is 6.26. The smallest absolute Gasteiger partial charge is 0.260 e. The van der Waals surface area contributed by atoms with Crippen molar-refractivity contribution in [2.45, 2.75) is 46.3 Å². The topological polar surface area (TPSA) is 132 Å². The molecule has 1 aliphatic heterocycles. The normalized spacial score (nSPS) is 14.6. The number of fused-ring (bicyclic) bond motifs is 2. The van der Waals surface area contributed by atoms with Gasteiger partial charge in [-0.25, -0.2) is 20.6 Å². The van der Waals surface area contributed by atoms with Gasteiger partial charge in [0.05, 0.1) is 11.9 Å². The Hall–Kier alpha value is -3.92. The minimum Gasteiger partial charge on any atom is -0.380 e. The highest BCUT2D eigenvalue weighted by molar-refractivity contribution is 6.07. The highest BCUT2D eigenvalue weighted by Gasteiger charge is 2.23.